The van der Waals surface area contributed by atoms with E-state index in [1.165, 1.54) is 0 Å². The van der Waals surface area contributed by atoms with Gasteiger partial charge in [0.05, 0.1) is 22.7 Å². The highest BCUT2D eigenvalue weighted by atomic mass is 79.9. The summed E-state index contributed by atoms with van der Waals surface area (Å²) >= 11 is 6.73. The number of ether oxygens (including phenoxy) is 2. The molecule has 0 atom stereocenters. The molecule has 264 valence electrons. The lowest BCUT2D eigenvalue weighted by atomic mass is 10.2. The number of urea groups is 2. The van der Waals surface area contributed by atoms with Crippen molar-refractivity contribution in [2.24, 2.45) is 0 Å². The largest absolute Gasteiger partial charge is 0.503 e. The number of halogens is 2. The molecular weight excluding hydrogens is 792 g/mol. The van der Waals surface area contributed by atoms with Crippen molar-refractivity contribution in [3.8, 4) is 23.0 Å². The number of anilines is 4. The SMILES string of the molecule is O=C(Nc1ccccc1Br)Nc1cccc(OCc2ccccc2)c1O.O=C(Nc1ccccc1Br)Nc1cccc(OCc2ccccc2)c1O. The number of carbonyl (C=O) groups is 2. The van der Waals surface area contributed by atoms with Gasteiger partial charge >= 0.3 is 12.1 Å². The molecule has 6 rings (SSSR count). The van der Waals surface area contributed by atoms with Gasteiger partial charge in [0, 0.05) is 8.95 Å². The van der Waals surface area contributed by atoms with Crippen LogP contribution in [0.5, 0.6) is 23.0 Å². The van der Waals surface area contributed by atoms with Gasteiger partial charge in [0.1, 0.15) is 13.2 Å². The first kappa shape index (κ1) is 37.3. The van der Waals surface area contributed by atoms with Crippen molar-refractivity contribution in [1.29, 1.82) is 0 Å². The molecule has 0 fully saturated rings. The number of rotatable bonds is 10. The quantitative estimate of drug-likeness (QED) is 0.0760. The van der Waals surface area contributed by atoms with E-state index in [9.17, 15) is 19.8 Å². The molecule has 4 amide bonds. The lowest BCUT2D eigenvalue weighted by molar-refractivity contribution is 0.261. The molecule has 0 radical (unpaired) electrons. The van der Waals surface area contributed by atoms with E-state index in [0.29, 0.717) is 36.1 Å². The fourth-order valence-electron chi connectivity index (χ4n) is 4.63. The molecular formula is C40H34Br2N4O6. The number of amides is 4. The first-order valence-corrected chi connectivity index (χ1v) is 17.5. The minimum Gasteiger partial charge on any atom is -0.503 e. The number of aromatic hydroxyl groups is 2. The Balaban J connectivity index is 0.000000201. The van der Waals surface area contributed by atoms with Crippen LogP contribution in [0.4, 0.5) is 32.3 Å². The Bertz CT molecular complexity index is 1950. The van der Waals surface area contributed by atoms with Crippen LogP contribution in [0, 0.1) is 0 Å². The van der Waals surface area contributed by atoms with Crippen molar-refractivity contribution < 1.29 is 29.3 Å². The minimum atomic E-state index is -0.465. The van der Waals surface area contributed by atoms with Crippen LogP contribution in [0.1, 0.15) is 11.1 Å². The Kier molecular flexibility index (Phi) is 13.5. The summed E-state index contributed by atoms with van der Waals surface area (Å²) in [6.07, 6.45) is 0. The van der Waals surface area contributed by atoms with Gasteiger partial charge in [-0.2, -0.15) is 0 Å². The minimum absolute atomic E-state index is 0.120. The predicted molar refractivity (Wildman–Crippen MR) is 211 cm³/mol. The van der Waals surface area contributed by atoms with Crippen LogP contribution in [0.25, 0.3) is 0 Å². The molecule has 6 aromatic rings. The molecule has 0 saturated carbocycles. The van der Waals surface area contributed by atoms with Crippen LogP contribution in [0.2, 0.25) is 0 Å². The maximum atomic E-state index is 12.2. The average molecular weight is 827 g/mol. The van der Waals surface area contributed by atoms with Gasteiger partial charge in [-0.05, 0) is 91.5 Å². The Labute approximate surface area is 317 Å². The maximum absolute atomic E-state index is 12.2. The summed E-state index contributed by atoms with van der Waals surface area (Å²) < 4.78 is 12.8. The Morgan fingerprint density at radius 3 is 1.15 bits per heavy atom. The predicted octanol–water partition coefficient (Wildman–Crippen LogP) is 10.8. The summed E-state index contributed by atoms with van der Waals surface area (Å²) in [4.78, 5) is 24.4. The van der Waals surface area contributed by atoms with Gasteiger partial charge in [-0.1, -0.05) is 97.1 Å². The Morgan fingerprint density at radius 2 is 0.769 bits per heavy atom. The molecule has 0 saturated heterocycles. The number of hydrogen-bond acceptors (Lipinski definition) is 6. The molecule has 0 bridgehead atoms. The summed E-state index contributed by atoms with van der Waals surface area (Å²) in [7, 11) is 0. The van der Waals surface area contributed by atoms with E-state index in [1.807, 2.05) is 97.1 Å². The molecule has 52 heavy (non-hydrogen) atoms. The molecule has 10 nitrogen and oxygen atoms in total. The standard InChI is InChI=1S/2C20H17BrN2O3/c2*21-15-9-4-5-10-16(15)22-20(25)23-17-11-6-12-18(19(17)24)26-13-14-7-2-1-3-8-14/h2*1-12,24H,13H2,(H2,22,23,25). The van der Waals surface area contributed by atoms with Crippen molar-refractivity contribution in [3.05, 3.63) is 166 Å². The molecule has 0 aromatic heterocycles. The first-order valence-electron chi connectivity index (χ1n) is 15.9. The third-order valence-electron chi connectivity index (χ3n) is 7.21. The van der Waals surface area contributed by atoms with Crippen LogP contribution in [-0.2, 0) is 13.2 Å². The zero-order valence-corrected chi connectivity index (χ0v) is 30.7. The van der Waals surface area contributed by atoms with Gasteiger partial charge in [0.25, 0.3) is 0 Å². The number of para-hydroxylation sites is 4. The summed E-state index contributed by atoms with van der Waals surface area (Å²) in [5, 5.41) is 31.4. The Morgan fingerprint density at radius 1 is 0.442 bits per heavy atom. The third-order valence-corrected chi connectivity index (χ3v) is 8.60. The summed E-state index contributed by atoms with van der Waals surface area (Å²) in [5.41, 5.74) is 3.75. The zero-order valence-electron chi connectivity index (χ0n) is 27.6. The van der Waals surface area contributed by atoms with E-state index in [1.54, 1.807) is 48.5 Å². The molecule has 0 spiro atoms. The monoisotopic (exact) mass is 824 g/mol. The molecule has 0 heterocycles. The second kappa shape index (κ2) is 18.9. The molecule has 0 aliphatic rings. The number of nitrogens with one attached hydrogen (secondary N) is 4. The fourth-order valence-corrected chi connectivity index (χ4v) is 5.39. The molecule has 6 aromatic carbocycles. The Hall–Kier alpha value is -5.98. The highest BCUT2D eigenvalue weighted by molar-refractivity contribution is 9.11. The third kappa shape index (κ3) is 11.0. The second-order valence-electron chi connectivity index (χ2n) is 11.0. The number of hydrogen-bond donors (Lipinski definition) is 6. The number of benzene rings is 6. The van der Waals surface area contributed by atoms with Crippen LogP contribution in [0.3, 0.4) is 0 Å². The van der Waals surface area contributed by atoms with Gasteiger partial charge < -0.3 is 41.0 Å². The van der Waals surface area contributed by atoms with E-state index < -0.39 is 12.1 Å². The summed E-state index contributed by atoms with van der Waals surface area (Å²) in [5.74, 6) is 0.358. The summed E-state index contributed by atoms with van der Waals surface area (Å²) in [6, 6.07) is 42.8. The van der Waals surface area contributed by atoms with Gasteiger partial charge in [-0.25, -0.2) is 9.59 Å². The number of phenolic OH excluding ortho intramolecular Hbond substituents is 2. The van der Waals surface area contributed by atoms with E-state index in [2.05, 4.69) is 53.1 Å². The van der Waals surface area contributed by atoms with E-state index in [0.717, 1.165) is 20.1 Å². The van der Waals surface area contributed by atoms with Gasteiger partial charge in [0.2, 0.25) is 0 Å². The highest BCUT2D eigenvalue weighted by Gasteiger charge is 2.14. The molecule has 6 N–H and O–H groups in total. The second-order valence-corrected chi connectivity index (χ2v) is 12.7. The molecule has 0 aliphatic carbocycles. The van der Waals surface area contributed by atoms with Crippen molar-refractivity contribution in [3.63, 3.8) is 0 Å². The summed E-state index contributed by atoms with van der Waals surface area (Å²) in [6.45, 7) is 0.641. The lowest BCUT2D eigenvalue weighted by Gasteiger charge is -2.13. The van der Waals surface area contributed by atoms with Crippen LogP contribution in [0.15, 0.2) is 155 Å². The molecule has 12 heteroatoms. The lowest BCUT2D eigenvalue weighted by Crippen LogP contribution is -2.19. The van der Waals surface area contributed by atoms with E-state index in [4.69, 9.17) is 9.47 Å². The van der Waals surface area contributed by atoms with E-state index in [-0.39, 0.29) is 22.9 Å². The molecule has 0 unspecified atom stereocenters. The van der Waals surface area contributed by atoms with Crippen molar-refractivity contribution in [1.82, 2.24) is 0 Å². The maximum Gasteiger partial charge on any atom is 0.323 e. The van der Waals surface area contributed by atoms with Gasteiger partial charge in [0.15, 0.2) is 23.0 Å². The van der Waals surface area contributed by atoms with Crippen molar-refractivity contribution >= 4 is 66.7 Å². The fraction of sp³-hybridized carbons (Fsp3) is 0.0500. The zero-order chi connectivity index (χ0) is 36.7. The van der Waals surface area contributed by atoms with Crippen LogP contribution in [-0.4, -0.2) is 22.3 Å². The number of carbonyl (C=O) groups excluding carboxylic acids is 2. The first-order chi connectivity index (χ1) is 25.3. The van der Waals surface area contributed by atoms with Crippen LogP contribution < -0.4 is 30.7 Å². The smallest absolute Gasteiger partial charge is 0.323 e. The average Bonchev–Trinajstić information content (AvgIpc) is 3.15. The topological polar surface area (TPSA) is 141 Å². The number of phenols is 2. The normalized spacial score (nSPS) is 10.2. The van der Waals surface area contributed by atoms with Crippen LogP contribution >= 0.6 is 31.9 Å². The van der Waals surface area contributed by atoms with Gasteiger partial charge in [-0.15, -0.1) is 0 Å². The highest BCUT2D eigenvalue weighted by Crippen LogP contribution is 2.36. The van der Waals surface area contributed by atoms with Crippen molar-refractivity contribution in [2.75, 3.05) is 21.3 Å². The molecule has 0 aliphatic heterocycles. The van der Waals surface area contributed by atoms with E-state index >= 15 is 0 Å². The van der Waals surface area contributed by atoms with Gasteiger partial charge in [-0.3, -0.25) is 0 Å². The van der Waals surface area contributed by atoms with Crippen molar-refractivity contribution in [2.45, 2.75) is 13.2 Å².